The van der Waals surface area contributed by atoms with E-state index in [9.17, 15) is 9.59 Å². The molecule has 3 aromatic rings. The van der Waals surface area contributed by atoms with Gasteiger partial charge in [-0.05, 0) is 43.7 Å². The molecule has 0 atom stereocenters. The van der Waals surface area contributed by atoms with Crippen molar-refractivity contribution in [2.24, 2.45) is 0 Å². The number of benzene rings is 2. The minimum Gasteiger partial charge on any atom is -0.495 e. The lowest BCUT2D eigenvalue weighted by molar-refractivity contribution is -0.116. The van der Waals surface area contributed by atoms with Crippen LogP contribution in [0.25, 0.3) is 0 Å². The van der Waals surface area contributed by atoms with E-state index in [1.807, 2.05) is 42.7 Å². The molecule has 0 saturated carbocycles. The van der Waals surface area contributed by atoms with E-state index in [0.717, 1.165) is 5.56 Å². The zero-order chi connectivity index (χ0) is 23.8. The number of thioether (sulfide) groups is 1. The summed E-state index contributed by atoms with van der Waals surface area (Å²) in [5.74, 6) is 1.16. The fourth-order valence-electron chi connectivity index (χ4n) is 3.11. The van der Waals surface area contributed by atoms with Crippen molar-refractivity contribution in [3.63, 3.8) is 0 Å². The largest absolute Gasteiger partial charge is 0.495 e. The molecule has 2 aromatic carbocycles. The maximum Gasteiger partial charge on any atom is 0.234 e. The molecule has 2 N–H and O–H groups in total. The van der Waals surface area contributed by atoms with Crippen LogP contribution in [0.2, 0.25) is 5.02 Å². The number of hydrogen-bond acceptors (Lipinski definition) is 6. The maximum atomic E-state index is 12.4. The van der Waals surface area contributed by atoms with Gasteiger partial charge < -0.3 is 19.9 Å². The van der Waals surface area contributed by atoms with Crippen molar-refractivity contribution >= 4 is 46.6 Å². The minimum absolute atomic E-state index is 0.133. The molecule has 0 bridgehead atoms. The Labute approximate surface area is 202 Å². The molecular formula is C23H26ClN5O3S. The van der Waals surface area contributed by atoms with Crippen LogP contribution in [0.4, 0.5) is 11.4 Å². The molecule has 0 aliphatic carbocycles. The number of anilines is 2. The molecule has 33 heavy (non-hydrogen) atoms. The number of aryl methyl sites for hydroxylation is 2. The van der Waals surface area contributed by atoms with Gasteiger partial charge in [0.25, 0.3) is 0 Å². The van der Waals surface area contributed by atoms with Gasteiger partial charge >= 0.3 is 0 Å². The molecule has 174 valence electrons. The van der Waals surface area contributed by atoms with E-state index in [2.05, 4.69) is 20.8 Å². The normalized spacial score (nSPS) is 10.7. The first-order chi connectivity index (χ1) is 15.9. The van der Waals surface area contributed by atoms with E-state index in [1.165, 1.54) is 11.8 Å². The van der Waals surface area contributed by atoms with Gasteiger partial charge in [-0.1, -0.05) is 41.6 Å². The molecule has 1 aromatic heterocycles. The zero-order valence-corrected chi connectivity index (χ0v) is 20.3. The lowest BCUT2D eigenvalue weighted by Crippen LogP contribution is -2.16. The van der Waals surface area contributed by atoms with Crippen LogP contribution in [-0.2, 0) is 22.6 Å². The van der Waals surface area contributed by atoms with E-state index in [0.29, 0.717) is 46.1 Å². The molecule has 0 saturated heterocycles. The smallest absolute Gasteiger partial charge is 0.234 e. The topological polar surface area (TPSA) is 98.1 Å². The number of methoxy groups -OCH3 is 1. The number of ether oxygens (including phenoxy) is 1. The van der Waals surface area contributed by atoms with Crippen molar-refractivity contribution in [3.8, 4) is 5.75 Å². The number of nitrogens with zero attached hydrogens (tertiary/aromatic N) is 3. The monoisotopic (exact) mass is 487 g/mol. The third-order valence-electron chi connectivity index (χ3n) is 4.85. The van der Waals surface area contributed by atoms with E-state index in [1.54, 1.807) is 25.3 Å². The number of amides is 2. The lowest BCUT2D eigenvalue weighted by Gasteiger charge is -2.10. The summed E-state index contributed by atoms with van der Waals surface area (Å²) in [5, 5.41) is 15.4. The standard InChI is InChI=1S/C23H26ClN5O3S/c1-4-29-20(11-12-21(30)25-16-10-9-15(2)17(24)13-16)27-28-23(29)33-14-22(31)26-18-7-5-6-8-19(18)32-3/h5-10,13H,4,11-12,14H2,1-3H3,(H,25,30)(H,26,31). The van der Waals surface area contributed by atoms with Gasteiger partial charge in [0.15, 0.2) is 5.16 Å². The van der Waals surface area contributed by atoms with Crippen LogP contribution in [0, 0.1) is 6.92 Å². The van der Waals surface area contributed by atoms with Crippen LogP contribution in [-0.4, -0.2) is 39.4 Å². The Bertz CT molecular complexity index is 1140. The second-order valence-electron chi connectivity index (χ2n) is 7.19. The Morgan fingerprint density at radius 3 is 2.64 bits per heavy atom. The highest BCUT2D eigenvalue weighted by molar-refractivity contribution is 7.99. The summed E-state index contributed by atoms with van der Waals surface area (Å²) >= 11 is 7.41. The van der Waals surface area contributed by atoms with Crippen LogP contribution in [0.1, 0.15) is 24.7 Å². The first-order valence-electron chi connectivity index (χ1n) is 10.4. The molecule has 0 unspecified atom stereocenters. The number of rotatable bonds is 10. The summed E-state index contributed by atoms with van der Waals surface area (Å²) in [6.45, 7) is 4.51. The van der Waals surface area contributed by atoms with Gasteiger partial charge in [-0.2, -0.15) is 0 Å². The van der Waals surface area contributed by atoms with Crippen molar-refractivity contribution in [2.45, 2.75) is 38.4 Å². The Balaban J connectivity index is 1.54. The van der Waals surface area contributed by atoms with Gasteiger partial charge in [0.05, 0.1) is 18.6 Å². The quantitative estimate of drug-likeness (QED) is 0.406. The number of halogens is 1. The highest BCUT2D eigenvalue weighted by atomic mass is 35.5. The number of carbonyl (C=O) groups excluding carboxylic acids is 2. The summed E-state index contributed by atoms with van der Waals surface area (Å²) in [6.07, 6.45) is 0.683. The van der Waals surface area contributed by atoms with Crippen LogP contribution in [0.5, 0.6) is 5.75 Å². The highest BCUT2D eigenvalue weighted by Crippen LogP contribution is 2.24. The Kier molecular flexibility index (Phi) is 8.73. The molecule has 0 spiro atoms. The molecule has 0 radical (unpaired) electrons. The molecule has 10 heteroatoms. The molecule has 2 amide bonds. The summed E-state index contributed by atoms with van der Waals surface area (Å²) in [4.78, 5) is 24.7. The third kappa shape index (κ3) is 6.72. The second-order valence-corrected chi connectivity index (χ2v) is 8.54. The molecular weight excluding hydrogens is 462 g/mol. The maximum absolute atomic E-state index is 12.4. The Morgan fingerprint density at radius 1 is 1.12 bits per heavy atom. The Morgan fingerprint density at radius 2 is 1.91 bits per heavy atom. The van der Waals surface area contributed by atoms with Crippen molar-refractivity contribution < 1.29 is 14.3 Å². The lowest BCUT2D eigenvalue weighted by atomic mass is 10.2. The van der Waals surface area contributed by atoms with E-state index < -0.39 is 0 Å². The number of aromatic nitrogens is 3. The fraction of sp³-hybridized carbons (Fsp3) is 0.304. The predicted molar refractivity (Wildman–Crippen MR) is 131 cm³/mol. The van der Waals surface area contributed by atoms with Gasteiger partial charge in [-0.15, -0.1) is 10.2 Å². The molecule has 0 fully saturated rings. The van der Waals surface area contributed by atoms with Crippen LogP contribution < -0.4 is 15.4 Å². The van der Waals surface area contributed by atoms with Gasteiger partial charge in [0.2, 0.25) is 11.8 Å². The summed E-state index contributed by atoms with van der Waals surface area (Å²) in [5.41, 5.74) is 2.22. The van der Waals surface area contributed by atoms with Crippen LogP contribution >= 0.6 is 23.4 Å². The van der Waals surface area contributed by atoms with Crippen molar-refractivity contribution in [3.05, 3.63) is 58.9 Å². The Hall–Kier alpha value is -3.04. The molecule has 1 heterocycles. The second kappa shape index (κ2) is 11.7. The minimum atomic E-state index is -0.173. The van der Waals surface area contributed by atoms with Crippen molar-refractivity contribution in [1.82, 2.24) is 14.8 Å². The van der Waals surface area contributed by atoms with Crippen LogP contribution in [0.3, 0.4) is 0 Å². The predicted octanol–water partition coefficient (Wildman–Crippen LogP) is 4.57. The molecule has 3 rings (SSSR count). The first-order valence-corrected chi connectivity index (χ1v) is 11.8. The summed E-state index contributed by atoms with van der Waals surface area (Å²) in [7, 11) is 1.56. The third-order valence-corrected chi connectivity index (χ3v) is 6.23. The van der Waals surface area contributed by atoms with Gasteiger partial charge in [-0.25, -0.2) is 0 Å². The number of para-hydroxylation sites is 2. The highest BCUT2D eigenvalue weighted by Gasteiger charge is 2.15. The SMILES string of the molecule is CCn1c(CCC(=O)Nc2ccc(C)c(Cl)c2)nnc1SCC(=O)Nc1ccccc1OC. The van der Waals surface area contributed by atoms with Gasteiger partial charge in [0.1, 0.15) is 11.6 Å². The number of hydrogen-bond donors (Lipinski definition) is 2. The number of carbonyl (C=O) groups is 2. The van der Waals surface area contributed by atoms with E-state index in [-0.39, 0.29) is 24.0 Å². The summed E-state index contributed by atoms with van der Waals surface area (Å²) < 4.78 is 7.17. The average molecular weight is 488 g/mol. The zero-order valence-electron chi connectivity index (χ0n) is 18.7. The number of nitrogens with one attached hydrogen (secondary N) is 2. The van der Waals surface area contributed by atoms with Crippen molar-refractivity contribution in [2.75, 3.05) is 23.5 Å². The molecule has 8 nitrogen and oxygen atoms in total. The van der Waals surface area contributed by atoms with Crippen molar-refractivity contribution in [1.29, 1.82) is 0 Å². The summed E-state index contributed by atoms with van der Waals surface area (Å²) in [6, 6.07) is 12.6. The molecule has 0 aliphatic rings. The van der Waals surface area contributed by atoms with Gasteiger partial charge in [-0.3, -0.25) is 9.59 Å². The van der Waals surface area contributed by atoms with Crippen LogP contribution in [0.15, 0.2) is 47.6 Å². The first kappa shape index (κ1) is 24.6. The fourth-order valence-corrected chi connectivity index (χ4v) is 4.11. The van der Waals surface area contributed by atoms with E-state index >= 15 is 0 Å². The van der Waals surface area contributed by atoms with E-state index in [4.69, 9.17) is 16.3 Å². The van der Waals surface area contributed by atoms with Gasteiger partial charge in [0, 0.05) is 30.1 Å². The molecule has 0 aliphatic heterocycles. The average Bonchev–Trinajstić information content (AvgIpc) is 3.21.